The number of rotatable bonds is 4. The average Bonchev–Trinajstić information content (AvgIpc) is 2.29. The second kappa shape index (κ2) is 5.86. The molecule has 0 atom stereocenters. The molecule has 1 aromatic carbocycles. The molecule has 0 saturated carbocycles. The van der Waals surface area contributed by atoms with Gasteiger partial charge in [0.2, 0.25) is 5.91 Å². The Kier molecular flexibility index (Phi) is 4.46. The molecular formula is C12H13FN2O. The van der Waals surface area contributed by atoms with Crippen molar-refractivity contribution in [1.29, 1.82) is 5.26 Å². The fraction of sp³-hybridized carbons (Fsp3) is 0.333. The number of unbranched alkanes of at least 4 members (excludes halogenated alkanes) is 1. The van der Waals surface area contributed by atoms with E-state index in [1.54, 1.807) is 6.07 Å². The molecule has 3 nitrogen and oxygen atoms in total. The first kappa shape index (κ1) is 12.2. The van der Waals surface area contributed by atoms with Crippen LogP contribution >= 0.6 is 0 Å². The van der Waals surface area contributed by atoms with Gasteiger partial charge in [-0.2, -0.15) is 5.26 Å². The summed E-state index contributed by atoms with van der Waals surface area (Å²) in [7, 11) is 0. The first-order valence-corrected chi connectivity index (χ1v) is 5.17. The Morgan fingerprint density at radius 2 is 2.31 bits per heavy atom. The predicted molar refractivity (Wildman–Crippen MR) is 59.3 cm³/mol. The van der Waals surface area contributed by atoms with Crippen LogP contribution in [0, 0.1) is 17.1 Å². The van der Waals surface area contributed by atoms with Crippen LogP contribution < -0.4 is 5.32 Å². The topological polar surface area (TPSA) is 52.9 Å². The molecule has 1 rings (SSSR count). The molecule has 84 valence electrons. The summed E-state index contributed by atoms with van der Waals surface area (Å²) in [6, 6.07) is 5.68. The average molecular weight is 220 g/mol. The number of hydrogen-bond donors (Lipinski definition) is 1. The van der Waals surface area contributed by atoms with Crippen molar-refractivity contribution in [1.82, 2.24) is 0 Å². The van der Waals surface area contributed by atoms with Gasteiger partial charge in [-0.3, -0.25) is 4.79 Å². The molecule has 0 saturated heterocycles. The summed E-state index contributed by atoms with van der Waals surface area (Å²) in [5.41, 5.74) is 0.396. The summed E-state index contributed by atoms with van der Waals surface area (Å²) in [5, 5.41) is 11.2. The number of hydrogen-bond acceptors (Lipinski definition) is 2. The van der Waals surface area contributed by atoms with E-state index in [-0.39, 0.29) is 11.5 Å². The van der Waals surface area contributed by atoms with Crippen LogP contribution in [-0.4, -0.2) is 5.91 Å². The molecule has 0 heterocycles. The van der Waals surface area contributed by atoms with Crippen molar-refractivity contribution in [3.05, 3.63) is 29.6 Å². The number of carbonyl (C=O) groups is 1. The minimum atomic E-state index is -0.575. The van der Waals surface area contributed by atoms with E-state index in [1.165, 1.54) is 18.2 Å². The van der Waals surface area contributed by atoms with Crippen LogP contribution in [0.3, 0.4) is 0 Å². The van der Waals surface area contributed by atoms with Gasteiger partial charge < -0.3 is 5.32 Å². The number of nitrogens with zero attached hydrogens (tertiary/aromatic N) is 1. The lowest BCUT2D eigenvalue weighted by molar-refractivity contribution is -0.116. The van der Waals surface area contributed by atoms with E-state index in [1.807, 2.05) is 6.92 Å². The molecule has 0 aromatic heterocycles. The van der Waals surface area contributed by atoms with Gasteiger partial charge in [0.25, 0.3) is 0 Å². The highest BCUT2D eigenvalue weighted by atomic mass is 19.1. The number of benzene rings is 1. The van der Waals surface area contributed by atoms with Crippen molar-refractivity contribution in [2.75, 3.05) is 5.32 Å². The summed E-state index contributed by atoms with van der Waals surface area (Å²) < 4.78 is 13.0. The van der Waals surface area contributed by atoms with Crippen LogP contribution in [0.4, 0.5) is 10.1 Å². The molecule has 1 amide bonds. The van der Waals surface area contributed by atoms with Crippen LogP contribution in [0.15, 0.2) is 18.2 Å². The minimum Gasteiger partial charge on any atom is -0.326 e. The summed E-state index contributed by atoms with van der Waals surface area (Å²) in [5.74, 6) is -0.689. The van der Waals surface area contributed by atoms with Gasteiger partial charge in [-0.05, 0) is 24.6 Å². The zero-order chi connectivity index (χ0) is 12.0. The minimum absolute atomic E-state index is 0.0618. The van der Waals surface area contributed by atoms with Crippen LogP contribution in [-0.2, 0) is 4.79 Å². The number of nitrogens with one attached hydrogen (secondary N) is 1. The number of amides is 1. The number of nitriles is 1. The Morgan fingerprint density at radius 1 is 1.56 bits per heavy atom. The third-order valence-corrected chi connectivity index (χ3v) is 2.13. The Balaban J connectivity index is 2.68. The van der Waals surface area contributed by atoms with Crippen molar-refractivity contribution in [3.63, 3.8) is 0 Å². The molecule has 0 unspecified atom stereocenters. The maximum absolute atomic E-state index is 13.0. The standard InChI is InChI=1S/C12H13FN2O/c1-2-3-4-12(16)15-10-5-6-11(13)9(7-10)8-14/h5-7H,2-4H2,1H3,(H,15,16). The van der Waals surface area contributed by atoms with Crippen LogP contribution in [0.5, 0.6) is 0 Å². The van der Waals surface area contributed by atoms with Gasteiger partial charge in [-0.15, -0.1) is 0 Å². The van der Waals surface area contributed by atoms with Gasteiger partial charge in [0.15, 0.2) is 0 Å². The lowest BCUT2D eigenvalue weighted by atomic mass is 10.2. The van der Waals surface area contributed by atoms with Crippen LogP contribution in [0.1, 0.15) is 31.7 Å². The van der Waals surface area contributed by atoms with Crippen LogP contribution in [0.2, 0.25) is 0 Å². The maximum Gasteiger partial charge on any atom is 0.224 e. The van der Waals surface area contributed by atoms with E-state index in [0.717, 1.165) is 12.8 Å². The number of halogens is 1. The molecule has 0 aliphatic rings. The normalized spacial score (nSPS) is 9.56. The van der Waals surface area contributed by atoms with E-state index in [4.69, 9.17) is 5.26 Å². The van der Waals surface area contributed by atoms with Gasteiger partial charge >= 0.3 is 0 Å². The SMILES string of the molecule is CCCCC(=O)Nc1ccc(F)c(C#N)c1. The third-order valence-electron chi connectivity index (χ3n) is 2.13. The van der Waals surface area contributed by atoms with E-state index >= 15 is 0 Å². The molecule has 0 bridgehead atoms. The van der Waals surface area contributed by atoms with Gasteiger partial charge in [-0.25, -0.2) is 4.39 Å². The lowest BCUT2D eigenvalue weighted by Gasteiger charge is -2.05. The Hall–Kier alpha value is -1.89. The fourth-order valence-corrected chi connectivity index (χ4v) is 1.25. The summed E-state index contributed by atoms with van der Waals surface area (Å²) >= 11 is 0. The van der Waals surface area contributed by atoms with Crippen molar-refractivity contribution in [2.45, 2.75) is 26.2 Å². The highest BCUT2D eigenvalue weighted by molar-refractivity contribution is 5.90. The first-order chi connectivity index (χ1) is 7.67. The quantitative estimate of drug-likeness (QED) is 0.848. The second-order valence-electron chi connectivity index (χ2n) is 3.46. The van der Waals surface area contributed by atoms with E-state index in [0.29, 0.717) is 12.1 Å². The Bertz CT molecular complexity index is 424. The maximum atomic E-state index is 13.0. The summed E-state index contributed by atoms with van der Waals surface area (Å²) in [6.07, 6.45) is 2.20. The summed E-state index contributed by atoms with van der Waals surface area (Å²) in [6.45, 7) is 2.00. The molecule has 0 fully saturated rings. The molecular weight excluding hydrogens is 207 g/mol. The number of anilines is 1. The predicted octanol–water partition coefficient (Wildman–Crippen LogP) is 2.83. The summed E-state index contributed by atoms with van der Waals surface area (Å²) in [4.78, 5) is 11.4. The van der Waals surface area contributed by atoms with Gasteiger partial charge in [-0.1, -0.05) is 13.3 Å². The zero-order valence-corrected chi connectivity index (χ0v) is 9.09. The molecule has 0 aliphatic carbocycles. The van der Waals surface area contributed by atoms with Crippen molar-refractivity contribution < 1.29 is 9.18 Å². The zero-order valence-electron chi connectivity index (χ0n) is 9.09. The Labute approximate surface area is 93.9 Å². The molecule has 0 spiro atoms. The highest BCUT2D eigenvalue weighted by Gasteiger charge is 2.05. The van der Waals surface area contributed by atoms with E-state index in [9.17, 15) is 9.18 Å². The number of carbonyl (C=O) groups excluding carboxylic acids is 1. The molecule has 4 heteroatoms. The van der Waals surface area contributed by atoms with E-state index in [2.05, 4.69) is 5.32 Å². The molecule has 16 heavy (non-hydrogen) atoms. The molecule has 1 N–H and O–H groups in total. The highest BCUT2D eigenvalue weighted by Crippen LogP contribution is 2.14. The van der Waals surface area contributed by atoms with Crippen molar-refractivity contribution in [3.8, 4) is 6.07 Å². The van der Waals surface area contributed by atoms with Gasteiger partial charge in [0.05, 0.1) is 5.56 Å². The van der Waals surface area contributed by atoms with Gasteiger partial charge in [0.1, 0.15) is 11.9 Å². The largest absolute Gasteiger partial charge is 0.326 e. The monoisotopic (exact) mass is 220 g/mol. The second-order valence-corrected chi connectivity index (χ2v) is 3.46. The Morgan fingerprint density at radius 3 is 2.94 bits per heavy atom. The molecule has 1 aromatic rings. The lowest BCUT2D eigenvalue weighted by Crippen LogP contribution is -2.11. The first-order valence-electron chi connectivity index (χ1n) is 5.17. The van der Waals surface area contributed by atoms with Crippen molar-refractivity contribution in [2.24, 2.45) is 0 Å². The molecule has 0 radical (unpaired) electrons. The van der Waals surface area contributed by atoms with Gasteiger partial charge in [0, 0.05) is 12.1 Å². The van der Waals surface area contributed by atoms with Crippen LogP contribution in [0.25, 0.3) is 0 Å². The third kappa shape index (κ3) is 3.35. The fourth-order valence-electron chi connectivity index (χ4n) is 1.25. The smallest absolute Gasteiger partial charge is 0.224 e. The van der Waals surface area contributed by atoms with Crippen molar-refractivity contribution >= 4 is 11.6 Å². The van der Waals surface area contributed by atoms with E-state index < -0.39 is 5.82 Å². The molecule has 0 aliphatic heterocycles.